The lowest BCUT2D eigenvalue weighted by Crippen LogP contribution is -2.34. The maximum absolute atomic E-state index is 9.82. The lowest BCUT2D eigenvalue weighted by atomic mass is 9.86. The van der Waals surface area contributed by atoms with Crippen molar-refractivity contribution in [2.45, 2.75) is 25.6 Å². The molecular formula is C14H18O2. The highest BCUT2D eigenvalue weighted by Gasteiger charge is 2.30. The van der Waals surface area contributed by atoms with E-state index in [0.717, 1.165) is 12.0 Å². The zero-order valence-corrected chi connectivity index (χ0v) is 9.60. The van der Waals surface area contributed by atoms with Gasteiger partial charge in [-0.2, -0.15) is 0 Å². The van der Waals surface area contributed by atoms with Crippen LogP contribution in [0.2, 0.25) is 0 Å². The van der Waals surface area contributed by atoms with Gasteiger partial charge in [0.05, 0.1) is 18.8 Å². The molecule has 0 radical (unpaired) electrons. The number of rotatable bonds is 2. The summed E-state index contributed by atoms with van der Waals surface area (Å²) in [4.78, 5) is 0. The number of hydrogen-bond donors (Lipinski definition) is 1. The van der Waals surface area contributed by atoms with Gasteiger partial charge >= 0.3 is 0 Å². The van der Waals surface area contributed by atoms with Crippen LogP contribution < -0.4 is 0 Å². The Kier molecular flexibility index (Phi) is 3.42. The molecule has 1 aliphatic heterocycles. The van der Waals surface area contributed by atoms with Crippen molar-refractivity contribution in [1.29, 1.82) is 0 Å². The average molecular weight is 218 g/mol. The standard InChI is InChI=1S/C14H18O2/c1-10(2)12-8-14(16-9-13(12)15)11-6-4-3-5-7-11/h3-7,12-15H,1,8-9H2,2H3/t12-,13-,14+/m1/s1. The van der Waals surface area contributed by atoms with E-state index in [4.69, 9.17) is 4.74 Å². The van der Waals surface area contributed by atoms with Crippen LogP contribution in [0.25, 0.3) is 0 Å². The van der Waals surface area contributed by atoms with E-state index in [0.29, 0.717) is 6.61 Å². The highest BCUT2D eigenvalue weighted by atomic mass is 16.5. The number of aliphatic hydroxyl groups is 1. The van der Waals surface area contributed by atoms with Gasteiger partial charge in [0.2, 0.25) is 0 Å². The first-order valence-corrected chi connectivity index (χ1v) is 5.68. The molecule has 86 valence electrons. The maximum Gasteiger partial charge on any atom is 0.0839 e. The minimum Gasteiger partial charge on any atom is -0.390 e. The van der Waals surface area contributed by atoms with Gasteiger partial charge in [-0.05, 0) is 18.9 Å². The Morgan fingerprint density at radius 1 is 1.38 bits per heavy atom. The molecule has 0 spiro atoms. The predicted octanol–water partition coefficient (Wildman–Crippen LogP) is 2.70. The molecule has 1 aromatic rings. The van der Waals surface area contributed by atoms with Crippen molar-refractivity contribution in [2.24, 2.45) is 5.92 Å². The van der Waals surface area contributed by atoms with E-state index in [1.54, 1.807) is 0 Å². The molecule has 1 fully saturated rings. The van der Waals surface area contributed by atoms with E-state index in [2.05, 4.69) is 18.7 Å². The van der Waals surface area contributed by atoms with Crippen LogP contribution in [0.15, 0.2) is 42.5 Å². The van der Waals surface area contributed by atoms with Gasteiger partial charge < -0.3 is 9.84 Å². The van der Waals surface area contributed by atoms with Crippen molar-refractivity contribution >= 4 is 0 Å². The average Bonchev–Trinajstić information content (AvgIpc) is 2.30. The third kappa shape index (κ3) is 2.34. The maximum atomic E-state index is 9.82. The molecular weight excluding hydrogens is 200 g/mol. The molecule has 0 unspecified atom stereocenters. The lowest BCUT2D eigenvalue weighted by molar-refractivity contribution is -0.0806. The fraction of sp³-hybridized carbons (Fsp3) is 0.429. The molecule has 0 aliphatic carbocycles. The topological polar surface area (TPSA) is 29.5 Å². The van der Waals surface area contributed by atoms with E-state index in [1.165, 1.54) is 5.56 Å². The van der Waals surface area contributed by atoms with Gasteiger partial charge in [0.1, 0.15) is 0 Å². The normalized spacial score (nSPS) is 30.0. The van der Waals surface area contributed by atoms with E-state index in [9.17, 15) is 5.11 Å². The minimum atomic E-state index is -0.405. The summed E-state index contributed by atoms with van der Waals surface area (Å²) in [5.74, 6) is 0.152. The summed E-state index contributed by atoms with van der Waals surface area (Å²) in [7, 11) is 0. The predicted molar refractivity (Wildman–Crippen MR) is 64.1 cm³/mol. The zero-order chi connectivity index (χ0) is 11.5. The first-order chi connectivity index (χ1) is 7.68. The molecule has 2 rings (SSSR count). The fourth-order valence-corrected chi connectivity index (χ4v) is 2.22. The molecule has 1 aromatic carbocycles. The van der Waals surface area contributed by atoms with Crippen molar-refractivity contribution in [3.8, 4) is 0 Å². The molecule has 0 bridgehead atoms. The monoisotopic (exact) mass is 218 g/mol. The first-order valence-electron chi connectivity index (χ1n) is 5.68. The van der Waals surface area contributed by atoms with Crippen molar-refractivity contribution in [3.05, 3.63) is 48.0 Å². The third-order valence-electron chi connectivity index (χ3n) is 3.20. The van der Waals surface area contributed by atoms with E-state index < -0.39 is 6.10 Å². The second kappa shape index (κ2) is 4.81. The van der Waals surface area contributed by atoms with Crippen LogP contribution in [-0.2, 0) is 4.74 Å². The molecule has 1 N–H and O–H groups in total. The van der Waals surface area contributed by atoms with Gasteiger partial charge in [-0.1, -0.05) is 42.5 Å². The number of aliphatic hydroxyl groups excluding tert-OH is 1. The number of hydrogen-bond acceptors (Lipinski definition) is 2. The second-order valence-corrected chi connectivity index (χ2v) is 4.49. The molecule has 0 saturated carbocycles. The molecule has 1 saturated heterocycles. The molecule has 3 atom stereocenters. The fourth-order valence-electron chi connectivity index (χ4n) is 2.22. The Balaban J connectivity index is 2.12. The van der Waals surface area contributed by atoms with E-state index >= 15 is 0 Å². The van der Waals surface area contributed by atoms with Gasteiger partial charge in [0, 0.05) is 5.92 Å². The molecule has 16 heavy (non-hydrogen) atoms. The summed E-state index contributed by atoms with van der Waals surface area (Å²) >= 11 is 0. The van der Waals surface area contributed by atoms with E-state index in [1.807, 2.05) is 25.1 Å². The third-order valence-corrected chi connectivity index (χ3v) is 3.20. The molecule has 0 amide bonds. The largest absolute Gasteiger partial charge is 0.390 e. The summed E-state index contributed by atoms with van der Waals surface area (Å²) in [6, 6.07) is 10.2. The van der Waals surface area contributed by atoms with Gasteiger partial charge in [0.15, 0.2) is 0 Å². The molecule has 0 aromatic heterocycles. The molecule has 1 aliphatic rings. The zero-order valence-electron chi connectivity index (χ0n) is 9.60. The summed E-state index contributed by atoms with van der Waals surface area (Å²) in [6.07, 6.45) is 0.504. The molecule has 1 heterocycles. The lowest BCUT2D eigenvalue weighted by Gasteiger charge is -2.34. The van der Waals surface area contributed by atoms with Crippen molar-refractivity contribution < 1.29 is 9.84 Å². The molecule has 2 heteroatoms. The Morgan fingerprint density at radius 2 is 2.06 bits per heavy atom. The summed E-state index contributed by atoms with van der Waals surface area (Å²) in [5.41, 5.74) is 2.22. The van der Waals surface area contributed by atoms with Crippen molar-refractivity contribution in [2.75, 3.05) is 6.61 Å². The number of ether oxygens (including phenoxy) is 1. The van der Waals surface area contributed by atoms with Crippen molar-refractivity contribution in [3.63, 3.8) is 0 Å². The molecule has 2 nitrogen and oxygen atoms in total. The van der Waals surface area contributed by atoms with Crippen LogP contribution in [0.5, 0.6) is 0 Å². The second-order valence-electron chi connectivity index (χ2n) is 4.49. The summed E-state index contributed by atoms with van der Waals surface area (Å²) < 4.78 is 5.67. The van der Waals surface area contributed by atoms with Crippen LogP contribution >= 0.6 is 0 Å². The van der Waals surface area contributed by atoms with Crippen molar-refractivity contribution in [1.82, 2.24) is 0 Å². The van der Waals surface area contributed by atoms with Crippen LogP contribution in [0.4, 0.5) is 0 Å². The summed E-state index contributed by atoms with van der Waals surface area (Å²) in [5, 5.41) is 9.82. The summed E-state index contributed by atoms with van der Waals surface area (Å²) in [6.45, 7) is 6.32. The Labute approximate surface area is 96.6 Å². The van der Waals surface area contributed by atoms with Gasteiger partial charge in [0.25, 0.3) is 0 Å². The van der Waals surface area contributed by atoms with Gasteiger partial charge in [-0.3, -0.25) is 0 Å². The first kappa shape index (κ1) is 11.4. The van der Waals surface area contributed by atoms with Gasteiger partial charge in [-0.25, -0.2) is 0 Å². The van der Waals surface area contributed by atoms with Crippen LogP contribution in [0, 0.1) is 5.92 Å². The highest BCUT2D eigenvalue weighted by molar-refractivity contribution is 5.19. The Bertz CT molecular complexity index is 358. The van der Waals surface area contributed by atoms with E-state index in [-0.39, 0.29) is 12.0 Å². The SMILES string of the molecule is C=C(C)[C@H]1C[C@@H](c2ccccc2)OC[C@H]1O. The Morgan fingerprint density at radius 3 is 2.69 bits per heavy atom. The Hall–Kier alpha value is -1.12. The van der Waals surface area contributed by atoms with Crippen LogP contribution in [0.3, 0.4) is 0 Å². The van der Waals surface area contributed by atoms with Gasteiger partial charge in [-0.15, -0.1) is 0 Å². The minimum absolute atomic E-state index is 0.0892. The van der Waals surface area contributed by atoms with Crippen LogP contribution in [0.1, 0.15) is 25.0 Å². The van der Waals surface area contributed by atoms with Crippen LogP contribution in [-0.4, -0.2) is 17.8 Å². The smallest absolute Gasteiger partial charge is 0.0839 e. The number of benzene rings is 1. The highest BCUT2D eigenvalue weighted by Crippen LogP contribution is 2.34. The quantitative estimate of drug-likeness (QED) is 0.773.